The number of nitrogens with one attached hydrogen (secondary N) is 1. The third-order valence-electron chi connectivity index (χ3n) is 6.08. The number of amides is 3. The fraction of sp³-hybridized carbons (Fsp3) is 0.565. The van der Waals surface area contributed by atoms with Gasteiger partial charge in [0, 0.05) is 26.1 Å². The molecule has 3 rings (SSSR count). The number of morpholine rings is 1. The van der Waals surface area contributed by atoms with Gasteiger partial charge in [0.2, 0.25) is 11.8 Å². The molecule has 3 amide bonds. The zero-order valence-corrected chi connectivity index (χ0v) is 20.2. The minimum atomic E-state index is -3.76. The van der Waals surface area contributed by atoms with Crippen molar-refractivity contribution in [2.75, 3.05) is 45.1 Å². The van der Waals surface area contributed by atoms with E-state index in [4.69, 9.17) is 4.74 Å². The second kappa shape index (κ2) is 12.1. The Balaban J connectivity index is 1.73. The molecular weight excluding hydrogens is 478 g/mol. The van der Waals surface area contributed by atoms with Gasteiger partial charge >= 0.3 is 6.09 Å². The molecule has 0 bridgehead atoms. The van der Waals surface area contributed by atoms with Crippen molar-refractivity contribution >= 4 is 33.5 Å². The van der Waals surface area contributed by atoms with Crippen molar-refractivity contribution in [3.8, 4) is 0 Å². The van der Waals surface area contributed by atoms with E-state index in [1.807, 2.05) is 0 Å². The number of carboxylic acid groups (broad SMARTS) is 1. The number of likely N-dealkylation sites (tertiary alicyclic amines) is 1. The summed E-state index contributed by atoms with van der Waals surface area (Å²) in [4.78, 5) is 52.3. The van der Waals surface area contributed by atoms with Crippen LogP contribution in [-0.4, -0.2) is 98.2 Å². The quantitative estimate of drug-likeness (QED) is 0.508. The molecule has 2 fully saturated rings. The lowest BCUT2D eigenvalue weighted by molar-refractivity contribution is -0.139. The highest BCUT2D eigenvalue weighted by atomic mass is 32.2. The maximum Gasteiger partial charge on any atom is 0.407 e. The number of benzene rings is 1. The summed E-state index contributed by atoms with van der Waals surface area (Å²) in [6, 6.07) is 7.60. The van der Waals surface area contributed by atoms with E-state index < -0.39 is 45.3 Å². The van der Waals surface area contributed by atoms with E-state index >= 15 is 0 Å². The Morgan fingerprint density at radius 2 is 1.77 bits per heavy atom. The summed E-state index contributed by atoms with van der Waals surface area (Å²) in [7, 11) is -3.76. The van der Waals surface area contributed by atoms with E-state index in [9.17, 15) is 32.7 Å². The fourth-order valence-corrected chi connectivity index (χ4v) is 5.90. The number of ketones is 1. The largest absolute Gasteiger partial charge is 0.465 e. The number of carbonyl (C=O) groups is 4. The van der Waals surface area contributed by atoms with Gasteiger partial charge in [-0.25, -0.2) is 13.2 Å². The van der Waals surface area contributed by atoms with E-state index in [2.05, 4.69) is 5.32 Å². The van der Waals surface area contributed by atoms with Crippen LogP contribution in [0, 0.1) is 5.92 Å². The predicted molar refractivity (Wildman–Crippen MR) is 125 cm³/mol. The SMILES string of the molecule is O=C(NC1CCCN(C(=O)O)CC1=O)C(CC(=O)N1CCOCC1)CS(=O)(=O)Cc1ccccc1. The van der Waals surface area contributed by atoms with Crippen LogP contribution < -0.4 is 5.32 Å². The molecule has 0 aliphatic carbocycles. The summed E-state index contributed by atoms with van der Waals surface area (Å²) < 4.78 is 31.1. The van der Waals surface area contributed by atoms with Gasteiger partial charge in [-0.15, -0.1) is 0 Å². The van der Waals surface area contributed by atoms with E-state index in [0.717, 1.165) is 4.90 Å². The Bertz CT molecular complexity index is 1020. The first-order chi connectivity index (χ1) is 16.6. The highest BCUT2D eigenvalue weighted by molar-refractivity contribution is 7.90. The normalized spacial score (nSPS) is 20.1. The highest BCUT2D eigenvalue weighted by Crippen LogP contribution is 2.17. The Labute approximate surface area is 204 Å². The topological polar surface area (TPSA) is 150 Å². The molecule has 2 aliphatic rings. The summed E-state index contributed by atoms with van der Waals surface area (Å²) >= 11 is 0. The molecular formula is C23H31N3O8S. The molecule has 12 heteroatoms. The fourth-order valence-electron chi connectivity index (χ4n) is 4.20. The molecule has 0 aromatic heterocycles. The molecule has 2 saturated heterocycles. The van der Waals surface area contributed by atoms with Crippen molar-refractivity contribution in [2.24, 2.45) is 5.92 Å². The number of rotatable bonds is 8. The van der Waals surface area contributed by atoms with Gasteiger partial charge in [0.1, 0.15) is 0 Å². The Kier molecular flexibility index (Phi) is 9.21. The van der Waals surface area contributed by atoms with Crippen LogP contribution >= 0.6 is 0 Å². The van der Waals surface area contributed by atoms with E-state index in [0.29, 0.717) is 38.3 Å². The summed E-state index contributed by atoms with van der Waals surface area (Å²) in [6.45, 7) is 1.26. The van der Waals surface area contributed by atoms with Crippen LogP contribution in [-0.2, 0) is 34.7 Å². The molecule has 35 heavy (non-hydrogen) atoms. The smallest absolute Gasteiger partial charge is 0.407 e. The van der Waals surface area contributed by atoms with Crippen LogP contribution in [0.2, 0.25) is 0 Å². The van der Waals surface area contributed by atoms with Crippen molar-refractivity contribution in [3.05, 3.63) is 35.9 Å². The van der Waals surface area contributed by atoms with Crippen molar-refractivity contribution in [1.29, 1.82) is 0 Å². The van der Waals surface area contributed by atoms with Crippen molar-refractivity contribution in [2.45, 2.75) is 31.1 Å². The molecule has 2 heterocycles. The minimum Gasteiger partial charge on any atom is -0.465 e. The van der Waals surface area contributed by atoms with E-state index in [1.54, 1.807) is 30.3 Å². The van der Waals surface area contributed by atoms with Crippen LogP contribution in [0.4, 0.5) is 4.79 Å². The van der Waals surface area contributed by atoms with Crippen LogP contribution in [0.3, 0.4) is 0 Å². The average Bonchev–Trinajstić information content (AvgIpc) is 3.00. The maximum atomic E-state index is 13.2. The summed E-state index contributed by atoms with van der Waals surface area (Å²) in [5.41, 5.74) is 0.568. The molecule has 1 aromatic carbocycles. The summed E-state index contributed by atoms with van der Waals surface area (Å²) in [6.07, 6.45) is -0.935. The molecule has 0 spiro atoms. The van der Waals surface area contributed by atoms with Crippen molar-refractivity contribution in [3.63, 3.8) is 0 Å². The predicted octanol–water partition coefficient (Wildman–Crippen LogP) is 0.294. The molecule has 2 unspecified atom stereocenters. The second-order valence-corrected chi connectivity index (χ2v) is 10.9. The number of sulfone groups is 1. The van der Waals surface area contributed by atoms with Crippen LogP contribution in [0.25, 0.3) is 0 Å². The number of hydrogen-bond acceptors (Lipinski definition) is 7. The number of carbonyl (C=O) groups excluding carboxylic acids is 3. The number of nitrogens with zero attached hydrogens (tertiary/aromatic N) is 2. The third kappa shape index (κ3) is 8.03. The molecule has 192 valence electrons. The number of ether oxygens (including phenoxy) is 1. The highest BCUT2D eigenvalue weighted by Gasteiger charge is 2.34. The summed E-state index contributed by atoms with van der Waals surface area (Å²) in [5.74, 6) is -3.54. The number of Topliss-reactive ketones (excluding diaryl/α,β-unsaturated/α-hetero) is 1. The Morgan fingerprint density at radius 1 is 1.09 bits per heavy atom. The first kappa shape index (κ1) is 26.6. The lowest BCUT2D eigenvalue weighted by Gasteiger charge is -2.28. The second-order valence-electron chi connectivity index (χ2n) is 8.81. The zero-order chi connectivity index (χ0) is 25.4. The van der Waals surface area contributed by atoms with Gasteiger partial charge in [-0.3, -0.25) is 14.4 Å². The van der Waals surface area contributed by atoms with Gasteiger partial charge in [0.15, 0.2) is 15.6 Å². The van der Waals surface area contributed by atoms with Gasteiger partial charge in [-0.05, 0) is 18.4 Å². The first-order valence-corrected chi connectivity index (χ1v) is 13.4. The third-order valence-corrected chi connectivity index (χ3v) is 7.77. The first-order valence-electron chi connectivity index (χ1n) is 11.6. The Hall–Kier alpha value is -2.99. The Morgan fingerprint density at radius 3 is 2.43 bits per heavy atom. The minimum absolute atomic E-state index is 0.165. The van der Waals surface area contributed by atoms with Gasteiger partial charge in [0.25, 0.3) is 0 Å². The average molecular weight is 510 g/mol. The van der Waals surface area contributed by atoms with E-state index in [1.165, 1.54) is 4.90 Å². The standard InChI is InChI=1S/C23H31N3O8S/c27-20-14-26(23(30)31)8-4-7-19(20)24-22(29)18(13-21(28)25-9-11-34-12-10-25)16-35(32,33)15-17-5-2-1-3-6-17/h1-3,5-6,18-19H,4,7-16H2,(H,24,29)(H,30,31). The van der Waals surface area contributed by atoms with Crippen LogP contribution in [0.1, 0.15) is 24.8 Å². The lowest BCUT2D eigenvalue weighted by atomic mass is 10.0. The maximum absolute atomic E-state index is 13.2. The van der Waals surface area contributed by atoms with Gasteiger partial charge in [-0.2, -0.15) is 0 Å². The molecule has 2 N–H and O–H groups in total. The van der Waals surface area contributed by atoms with Crippen molar-refractivity contribution in [1.82, 2.24) is 15.1 Å². The van der Waals surface area contributed by atoms with Crippen molar-refractivity contribution < 1.29 is 37.4 Å². The van der Waals surface area contributed by atoms with Crippen LogP contribution in [0.5, 0.6) is 0 Å². The molecule has 2 aliphatic heterocycles. The van der Waals surface area contributed by atoms with Crippen LogP contribution in [0.15, 0.2) is 30.3 Å². The summed E-state index contributed by atoms with van der Waals surface area (Å²) in [5, 5.41) is 11.8. The molecule has 0 saturated carbocycles. The molecule has 0 radical (unpaired) electrons. The van der Waals surface area contributed by atoms with Gasteiger partial charge in [0.05, 0.1) is 43.2 Å². The monoisotopic (exact) mass is 509 g/mol. The zero-order valence-electron chi connectivity index (χ0n) is 19.4. The molecule has 1 aromatic rings. The van der Waals surface area contributed by atoms with Gasteiger partial charge < -0.3 is 25.0 Å². The lowest BCUT2D eigenvalue weighted by Crippen LogP contribution is -2.48. The molecule has 11 nitrogen and oxygen atoms in total. The number of hydrogen-bond donors (Lipinski definition) is 2. The molecule has 2 atom stereocenters. The van der Waals surface area contributed by atoms with E-state index in [-0.39, 0.29) is 37.6 Å². The van der Waals surface area contributed by atoms with Gasteiger partial charge in [-0.1, -0.05) is 30.3 Å².